The predicted octanol–water partition coefficient (Wildman–Crippen LogP) is 3.33. The Morgan fingerprint density at radius 1 is 1.05 bits per heavy atom. The number of Topliss-reactive ketones (excluding diaryl/α,β-unsaturated/α-hetero) is 1. The van der Waals surface area contributed by atoms with Gasteiger partial charge in [-0.3, -0.25) is 9.78 Å². The lowest BCUT2D eigenvalue weighted by molar-refractivity contribution is 0.0987. The number of nitrogens with zero attached hydrogens (tertiary/aromatic N) is 2. The first-order valence-electron chi connectivity index (χ1n) is 6.32. The number of fused-ring (bicyclic) bond motifs is 1. The van der Waals surface area contributed by atoms with Gasteiger partial charge in [0.25, 0.3) is 0 Å². The lowest BCUT2D eigenvalue weighted by Crippen LogP contribution is -2.08. The monoisotopic (exact) mass is 284 g/mol. The highest BCUT2D eigenvalue weighted by Gasteiger charge is 2.13. The maximum Gasteiger partial charge on any atom is 0.187 e. The molecule has 0 fully saturated rings. The second-order valence-corrected chi connectivity index (χ2v) is 4.58. The summed E-state index contributed by atoms with van der Waals surface area (Å²) in [5.41, 5.74) is 1.40. The summed E-state index contributed by atoms with van der Waals surface area (Å²) >= 11 is 0. The molecule has 1 heterocycles. The number of ketones is 1. The first kappa shape index (κ1) is 13.3. The quantitative estimate of drug-likeness (QED) is 0.693. The van der Waals surface area contributed by atoms with Gasteiger partial charge in [-0.1, -0.05) is 12.1 Å². The third kappa shape index (κ3) is 2.76. The molecule has 2 aromatic carbocycles. The van der Waals surface area contributed by atoms with Gasteiger partial charge in [0, 0.05) is 6.42 Å². The van der Waals surface area contributed by atoms with E-state index in [2.05, 4.69) is 9.97 Å². The van der Waals surface area contributed by atoms with Crippen LogP contribution in [-0.4, -0.2) is 15.8 Å². The Kier molecular flexibility index (Phi) is 3.39. The van der Waals surface area contributed by atoms with Crippen molar-refractivity contribution in [2.45, 2.75) is 6.42 Å². The molecule has 0 aliphatic carbocycles. The smallest absolute Gasteiger partial charge is 0.187 e. The van der Waals surface area contributed by atoms with Gasteiger partial charge in [0.1, 0.15) is 17.3 Å². The highest BCUT2D eigenvalue weighted by Crippen LogP contribution is 2.14. The molecular weight excluding hydrogens is 274 g/mol. The first-order chi connectivity index (χ1) is 10.1. The molecule has 3 nitrogen and oxygen atoms in total. The van der Waals surface area contributed by atoms with Crippen LogP contribution in [0.3, 0.4) is 0 Å². The normalized spacial score (nSPS) is 10.8. The van der Waals surface area contributed by atoms with Crippen molar-refractivity contribution < 1.29 is 13.6 Å². The van der Waals surface area contributed by atoms with Gasteiger partial charge in [-0.2, -0.15) is 0 Å². The second kappa shape index (κ2) is 5.36. The van der Waals surface area contributed by atoms with Gasteiger partial charge in [-0.05, 0) is 35.9 Å². The van der Waals surface area contributed by atoms with E-state index in [9.17, 15) is 13.6 Å². The van der Waals surface area contributed by atoms with E-state index < -0.39 is 17.4 Å². The van der Waals surface area contributed by atoms with E-state index in [0.29, 0.717) is 11.0 Å². The van der Waals surface area contributed by atoms with E-state index in [0.717, 1.165) is 18.2 Å². The molecule has 5 heteroatoms. The van der Waals surface area contributed by atoms with Crippen LogP contribution in [-0.2, 0) is 6.42 Å². The largest absolute Gasteiger partial charge is 0.292 e. The zero-order chi connectivity index (χ0) is 14.8. The molecule has 0 aliphatic rings. The summed E-state index contributed by atoms with van der Waals surface area (Å²) in [5.74, 6) is -1.60. The number of hydrogen-bond acceptors (Lipinski definition) is 3. The SMILES string of the molecule is O=C(Cc1cc(F)ccc1F)c1cnc2ccccc2n1. The summed E-state index contributed by atoms with van der Waals surface area (Å²) in [6, 6.07) is 10.2. The number of rotatable bonds is 3. The first-order valence-corrected chi connectivity index (χ1v) is 6.32. The van der Waals surface area contributed by atoms with Gasteiger partial charge in [-0.15, -0.1) is 0 Å². The minimum Gasteiger partial charge on any atom is -0.292 e. The average Bonchev–Trinajstić information content (AvgIpc) is 2.50. The molecule has 3 rings (SSSR count). The van der Waals surface area contributed by atoms with Crippen molar-refractivity contribution in [3.63, 3.8) is 0 Å². The van der Waals surface area contributed by atoms with E-state index in [1.807, 2.05) is 6.07 Å². The van der Waals surface area contributed by atoms with Crippen molar-refractivity contribution in [3.05, 3.63) is 71.6 Å². The van der Waals surface area contributed by atoms with Crippen LogP contribution < -0.4 is 0 Å². The van der Waals surface area contributed by atoms with E-state index in [1.54, 1.807) is 18.2 Å². The molecule has 3 aromatic rings. The van der Waals surface area contributed by atoms with Crippen molar-refractivity contribution in [2.75, 3.05) is 0 Å². The Morgan fingerprint density at radius 2 is 1.81 bits per heavy atom. The Morgan fingerprint density at radius 3 is 2.62 bits per heavy atom. The van der Waals surface area contributed by atoms with Crippen LogP contribution in [0.25, 0.3) is 11.0 Å². The topological polar surface area (TPSA) is 42.9 Å². The highest BCUT2D eigenvalue weighted by molar-refractivity contribution is 5.96. The molecule has 1 aromatic heterocycles. The molecule has 0 aliphatic heterocycles. The fraction of sp³-hybridized carbons (Fsp3) is 0.0625. The summed E-state index contributed by atoms with van der Waals surface area (Å²) < 4.78 is 26.6. The summed E-state index contributed by atoms with van der Waals surface area (Å²) in [6.45, 7) is 0. The number of hydrogen-bond donors (Lipinski definition) is 0. The highest BCUT2D eigenvalue weighted by atomic mass is 19.1. The molecule has 104 valence electrons. The number of aromatic nitrogens is 2. The number of halogens is 2. The second-order valence-electron chi connectivity index (χ2n) is 4.58. The van der Waals surface area contributed by atoms with E-state index >= 15 is 0 Å². The summed E-state index contributed by atoms with van der Waals surface area (Å²) in [4.78, 5) is 20.5. The van der Waals surface area contributed by atoms with Gasteiger partial charge >= 0.3 is 0 Å². The van der Waals surface area contributed by atoms with Gasteiger partial charge in [0.15, 0.2) is 5.78 Å². The molecule has 0 bridgehead atoms. The van der Waals surface area contributed by atoms with Crippen LogP contribution in [0.5, 0.6) is 0 Å². The van der Waals surface area contributed by atoms with Crippen LogP contribution in [0.1, 0.15) is 16.1 Å². The van der Waals surface area contributed by atoms with E-state index in [-0.39, 0.29) is 17.7 Å². The van der Waals surface area contributed by atoms with Crippen molar-refractivity contribution in [1.82, 2.24) is 9.97 Å². The Labute approximate surface area is 119 Å². The lowest BCUT2D eigenvalue weighted by Gasteiger charge is -2.04. The average molecular weight is 284 g/mol. The Hall–Kier alpha value is -2.69. The zero-order valence-electron chi connectivity index (χ0n) is 10.9. The van der Waals surface area contributed by atoms with Crippen molar-refractivity contribution in [3.8, 4) is 0 Å². The maximum atomic E-state index is 13.5. The maximum absolute atomic E-state index is 13.5. The van der Waals surface area contributed by atoms with E-state index in [4.69, 9.17) is 0 Å². The molecule has 0 unspecified atom stereocenters. The fourth-order valence-electron chi connectivity index (χ4n) is 2.03. The van der Waals surface area contributed by atoms with Gasteiger partial charge in [0.05, 0.1) is 17.2 Å². The molecule has 0 amide bonds. The molecule has 0 radical (unpaired) electrons. The zero-order valence-corrected chi connectivity index (χ0v) is 10.9. The number of carbonyl (C=O) groups excluding carboxylic acids is 1. The minimum atomic E-state index is -0.613. The van der Waals surface area contributed by atoms with Crippen LogP contribution in [0.15, 0.2) is 48.7 Å². The van der Waals surface area contributed by atoms with Crippen LogP contribution in [0.2, 0.25) is 0 Å². The minimum absolute atomic E-state index is 0.00922. The van der Waals surface area contributed by atoms with Crippen LogP contribution in [0, 0.1) is 11.6 Å². The number of para-hydroxylation sites is 2. The van der Waals surface area contributed by atoms with Crippen molar-refractivity contribution in [2.24, 2.45) is 0 Å². The Balaban J connectivity index is 1.91. The standard InChI is InChI=1S/C16H10F2N2O/c17-11-5-6-12(18)10(7-11)8-16(21)15-9-19-13-3-1-2-4-14(13)20-15/h1-7,9H,8H2. The molecule has 0 spiro atoms. The summed E-state index contributed by atoms with van der Waals surface area (Å²) in [5, 5.41) is 0. The third-order valence-electron chi connectivity index (χ3n) is 3.09. The fourth-order valence-corrected chi connectivity index (χ4v) is 2.03. The molecular formula is C16H10F2N2O. The van der Waals surface area contributed by atoms with Crippen LogP contribution in [0.4, 0.5) is 8.78 Å². The summed E-state index contributed by atoms with van der Waals surface area (Å²) in [6.07, 6.45) is 1.10. The molecule has 21 heavy (non-hydrogen) atoms. The van der Waals surface area contributed by atoms with Crippen molar-refractivity contribution in [1.29, 1.82) is 0 Å². The lowest BCUT2D eigenvalue weighted by atomic mass is 10.1. The molecule has 0 atom stereocenters. The molecule has 0 N–H and O–H groups in total. The van der Waals surface area contributed by atoms with E-state index in [1.165, 1.54) is 6.20 Å². The third-order valence-corrected chi connectivity index (χ3v) is 3.09. The van der Waals surface area contributed by atoms with Crippen molar-refractivity contribution >= 4 is 16.8 Å². The predicted molar refractivity (Wildman–Crippen MR) is 73.9 cm³/mol. The number of benzene rings is 2. The summed E-state index contributed by atoms with van der Waals surface area (Å²) in [7, 11) is 0. The van der Waals surface area contributed by atoms with Crippen LogP contribution >= 0.6 is 0 Å². The molecule has 0 saturated carbocycles. The van der Waals surface area contributed by atoms with Gasteiger partial charge < -0.3 is 0 Å². The number of carbonyl (C=O) groups is 1. The Bertz CT molecular complexity index is 833. The van der Waals surface area contributed by atoms with Gasteiger partial charge in [0.2, 0.25) is 0 Å². The molecule has 0 saturated heterocycles. The van der Waals surface area contributed by atoms with Gasteiger partial charge in [-0.25, -0.2) is 13.8 Å².